The van der Waals surface area contributed by atoms with Gasteiger partial charge in [0.1, 0.15) is 17.9 Å². The molecule has 5 heteroatoms. The highest BCUT2D eigenvalue weighted by Crippen LogP contribution is 2.37. The molecule has 2 heterocycles. The van der Waals surface area contributed by atoms with E-state index in [-0.39, 0.29) is 17.6 Å². The topological polar surface area (TPSA) is 67.1 Å². The van der Waals surface area contributed by atoms with Gasteiger partial charge in [-0.15, -0.1) is 0 Å². The van der Waals surface area contributed by atoms with Crippen LogP contribution in [0.3, 0.4) is 0 Å². The summed E-state index contributed by atoms with van der Waals surface area (Å²) in [6.07, 6.45) is 2.09. The predicted octanol–water partition coefficient (Wildman–Crippen LogP) is 3.05. The highest BCUT2D eigenvalue weighted by atomic mass is 16.3. The van der Waals surface area contributed by atoms with Crippen molar-refractivity contribution in [1.29, 1.82) is 0 Å². The number of hydrogen-bond acceptors (Lipinski definition) is 3. The minimum Gasteiger partial charge on any atom is -0.508 e. The normalized spacial score (nSPS) is 16.7. The lowest BCUT2D eigenvalue weighted by Crippen LogP contribution is -2.24. The molecular formula is C18H15N3O2. The lowest BCUT2D eigenvalue weighted by atomic mass is 9.90. The molecule has 1 amide bonds. The molecule has 0 spiro atoms. The van der Waals surface area contributed by atoms with E-state index in [0.29, 0.717) is 12.2 Å². The summed E-state index contributed by atoms with van der Waals surface area (Å²) in [5.74, 6) is 0.784. The van der Waals surface area contributed by atoms with Gasteiger partial charge in [0.05, 0.1) is 5.69 Å². The molecule has 0 fully saturated rings. The van der Waals surface area contributed by atoms with E-state index in [1.807, 2.05) is 47.0 Å². The van der Waals surface area contributed by atoms with Gasteiger partial charge < -0.3 is 10.4 Å². The zero-order valence-corrected chi connectivity index (χ0v) is 12.3. The van der Waals surface area contributed by atoms with Crippen LogP contribution in [0.1, 0.15) is 23.6 Å². The first kappa shape index (κ1) is 13.6. The maximum atomic E-state index is 12.2. The minimum absolute atomic E-state index is 0.0340. The van der Waals surface area contributed by atoms with Crippen LogP contribution in [0.4, 0.5) is 5.82 Å². The average molecular weight is 305 g/mol. The molecule has 1 aromatic heterocycles. The smallest absolute Gasteiger partial charge is 0.226 e. The van der Waals surface area contributed by atoms with E-state index in [9.17, 15) is 9.90 Å². The number of nitrogens with zero attached hydrogens (tertiary/aromatic N) is 2. The van der Waals surface area contributed by atoms with E-state index in [0.717, 1.165) is 16.9 Å². The van der Waals surface area contributed by atoms with Gasteiger partial charge in [0.15, 0.2) is 0 Å². The van der Waals surface area contributed by atoms with E-state index in [1.165, 1.54) is 0 Å². The van der Waals surface area contributed by atoms with Gasteiger partial charge in [0.2, 0.25) is 5.91 Å². The second kappa shape index (κ2) is 5.28. The molecule has 23 heavy (non-hydrogen) atoms. The monoisotopic (exact) mass is 305 g/mol. The average Bonchev–Trinajstić information content (AvgIpc) is 2.99. The van der Waals surface area contributed by atoms with Crippen LogP contribution in [0.2, 0.25) is 0 Å². The predicted molar refractivity (Wildman–Crippen MR) is 86.8 cm³/mol. The van der Waals surface area contributed by atoms with Gasteiger partial charge in [-0.25, -0.2) is 4.98 Å². The van der Waals surface area contributed by atoms with E-state index < -0.39 is 0 Å². The fourth-order valence-corrected chi connectivity index (χ4v) is 2.97. The van der Waals surface area contributed by atoms with Crippen LogP contribution in [0.25, 0.3) is 5.69 Å². The van der Waals surface area contributed by atoms with E-state index in [4.69, 9.17) is 0 Å². The van der Waals surface area contributed by atoms with Gasteiger partial charge >= 0.3 is 0 Å². The Morgan fingerprint density at radius 2 is 1.83 bits per heavy atom. The third-order valence-corrected chi connectivity index (χ3v) is 4.10. The molecule has 0 saturated carbocycles. The van der Waals surface area contributed by atoms with Crippen LogP contribution in [0.5, 0.6) is 5.75 Å². The Morgan fingerprint density at radius 3 is 2.57 bits per heavy atom. The number of phenols is 1. The summed E-state index contributed by atoms with van der Waals surface area (Å²) in [7, 11) is 0. The van der Waals surface area contributed by atoms with Crippen molar-refractivity contribution in [2.24, 2.45) is 0 Å². The molecule has 4 rings (SSSR count). The number of imidazole rings is 1. The van der Waals surface area contributed by atoms with E-state index in [1.54, 1.807) is 18.5 Å². The Morgan fingerprint density at radius 1 is 1.09 bits per heavy atom. The quantitative estimate of drug-likeness (QED) is 0.764. The number of aromatic nitrogens is 2. The summed E-state index contributed by atoms with van der Waals surface area (Å²) in [5.41, 5.74) is 2.77. The Labute approximate surface area is 133 Å². The maximum absolute atomic E-state index is 12.2. The summed E-state index contributed by atoms with van der Waals surface area (Å²) in [5, 5.41) is 12.4. The van der Waals surface area contributed by atoms with Gasteiger partial charge in [-0.1, -0.05) is 30.3 Å². The van der Waals surface area contributed by atoms with Crippen molar-refractivity contribution in [3.63, 3.8) is 0 Å². The number of hydrogen-bond donors (Lipinski definition) is 2. The van der Waals surface area contributed by atoms with Crippen molar-refractivity contribution in [2.45, 2.75) is 12.3 Å². The second-order valence-electron chi connectivity index (χ2n) is 5.58. The highest BCUT2D eigenvalue weighted by Gasteiger charge is 2.30. The Bertz CT molecular complexity index is 854. The number of rotatable bonds is 2. The van der Waals surface area contributed by atoms with Crippen molar-refractivity contribution >= 4 is 11.7 Å². The van der Waals surface area contributed by atoms with Crippen molar-refractivity contribution < 1.29 is 9.90 Å². The number of fused-ring (bicyclic) bond motifs is 1. The number of carbonyl (C=O) groups is 1. The molecular weight excluding hydrogens is 290 g/mol. The SMILES string of the molecule is O=C1CC(c2ccc(O)cc2)c2ncn(-c3ccccc3)c2N1. The fourth-order valence-electron chi connectivity index (χ4n) is 2.97. The number of anilines is 1. The molecule has 2 aromatic carbocycles. The Balaban J connectivity index is 1.81. The molecule has 0 bridgehead atoms. The summed E-state index contributed by atoms with van der Waals surface area (Å²) in [4.78, 5) is 16.7. The fraction of sp³-hybridized carbons (Fsp3) is 0.111. The molecule has 114 valence electrons. The van der Waals surface area contributed by atoms with Gasteiger partial charge in [0, 0.05) is 18.0 Å². The van der Waals surface area contributed by atoms with Crippen LogP contribution in [-0.2, 0) is 4.79 Å². The first-order valence-electron chi connectivity index (χ1n) is 7.44. The number of carbonyl (C=O) groups excluding carboxylic acids is 1. The third-order valence-electron chi connectivity index (χ3n) is 4.10. The molecule has 1 unspecified atom stereocenters. The molecule has 3 aromatic rings. The van der Waals surface area contributed by atoms with Crippen molar-refractivity contribution in [3.05, 3.63) is 72.2 Å². The van der Waals surface area contributed by atoms with Crippen molar-refractivity contribution in [1.82, 2.24) is 9.55 Å². The lowest BCUT2D eigenvalue weighted by molar-refractivity contribution is -0.116. The zero-order valence-electron chi connectivity index (χ0n) is 12.3. The third kappa shape index (κ3) is 2.36. The van der Waals surface area contributed by atoms with Gasteiger partial charge in [-0.3, -0.25) is 9.36 Å². The second-order valence-corrected chi connectivity index (χ2v) is 5.58. The molecule has 1 aliphatic rings. The number of nitrogens with one attached hydrogen (secondary N) is 1. The maximum Gasteiger partial charge on any atom is 0.226 e. The molecule has 1 aliphatic heterocycles. The Kier molecular flexibility index (Phi) is 3.12. The standard InChI is InChI=1S/C18H15N3O2/c22-14-8-6-12(7-9-14)15-10-16(23)20-18-17(15)19-11-21(18)13-4-2-1-3-5-13/h1-9,11,15,22H,10H2,(H,20,23). The number of para-hydroxylation sites is 1. The minimum atomic E-state index is -0.107. The highest BCUT2D eigenvalue weighted by molar-refractivity contribution is 5.94. The van der Waals surface area contributed by atoms with Crippen LogP contribution in [0.15, 0.2) is 60.9 Å². The number of benzene rings is 2. The molecule has 0 radical (unpaired) electrons. The van der Waals surface area contributed by atoms with Crippen molar-refractivity contribution in [3.8, 4) is 11.4 Å². The first-order valence-corrected chi connectivity index (χ1v) is 7.44. The molecule has 1 atom stereocenters. The van der Waals surface area contributed by atoms with Gasteiger partial charge in [-0.05, 0) is 29.8 Å². The summed E-state index contributed by atoms with van der Waals surface area (Å²) in [6.45, 7) is 0. The lowest BCUT2D eigenvalue weighted by Gasteiger charge is -2.23. The first-order chi connectivity index (χ1) is 11.2. The van der Waals surface area contributed by atoms with Crippen molar-refractivity contribution in [2.75, 3.05) is 5.32 Å². The Hall–Kier alpha value is -3.08. The molecule has 0 aliphatic carbocycles. The molecule has 0 saturated heterocycles. The van der Waals surface area contributed by atoms with Crippen LogP contribution < -0.4 is 5.32 Å². The van der Waals surface area contributed by atoms with E-state index >= 15 is 0 Å². The van der Waals surface area contributed by atoms with E-state index in [2.05, 4.69) is 10.3 Å². The summed E-state index contributed by atoms with van der Waals surface area (Å²) in [6, 6.07) is 16.7. The molecule has 5 nitrogen and oxygen atoms in total. The van der Waals surface area contributed by atoms with Crippen LogP contribution >= 0.6 is 0 Å². The largest absolute Gasteiger partial charge is 0.508 e. The number of phenolic OH excluding ortho intramolecular Hbond substituents is 1. The number of aromatic hydroxyl groups is 1. The summed E-state index contributed by atoms with van der Waals surface area (Å²) < 4.78 is 1.89. The van der Waals surface area contributed by atoms with Crippen LogP contribution in [-0.4, -0.2) is 20.6 Å². The zero-order chi connectivity index (χ0) is 15.8. The molecule has 2 N–H and O–H groups in total. The van der Waals surface area contributed by atoms with Crippen LogP contribution in [0, 0.1) is 0 Å². The van der Waals surface area contributed by atoms with Gasteiger partial charge in [-0.2, -0.15) is 0 Å². The number of amides is 1. The van der Waals surface area contributed by atoms with Gasteiger partial charge in [0.25, 0.3) is 0 Å². The summed E-state index contributed by atoms with van der Waals surface area (Å²) >= 11 is 0.